The number of rotatable bonds is 10. The zero-order valence-corrected chi connectivity index (χ0v) is 20.3. The van der Waals surface area contributed by atoms with Gasteiger partial charge in [0.15, 0.2) is 18.2 Å². The lowest BCUT2D eigenvalue weighted by Crippen LogP contribution is -2.40. The molecule has 0 amide bonds. The fourth-order valence-corrected chi connectivity index (χ4v) is 4.77. The highest BCUT2D eigenvalue weighted by atomic mass is 32.2. The van der Waals surface area contributed by atoms with Crippen LogP contribution >= 0.6 is 0 Å². The summed E-state index contributed by atoms with van der Waals surface area (Å²) >= 11 is 0. The normalized spacial score (nSPS) is 14.6. The molecule has 0 aliphatic carbocycles. The molecule has 0 N–H and O–H groups in total. The van der Waals surface area contributed by atoms with Crippen LogP contribution in [0.2, 0.25) is 18.1 Å². The zero-order chi connectivity index (χ0) is 20.9. The summed E-state index contributed by atoms with van der Waals surface area (Å²) in [7, 11) is -4.70. The van der Waals surface area contributed by atoms with E-state index >= 15 is 0 Å². The number of hydrogen-bond donors (Lipinski definition) is 0. The minimum Gasteiger partial charge on any atom is -0.413 e. The quantitative estimate of drug-likeness (QED) is 0.514. The van der Waals surface area contributed by atoms with Crippen LogP contribution in [0.25, 0.3) is 0 Å². The van der Waals surface area contributed by atoms with E-state index in [1.54, 1.807) is 6.92 Å². The second-order valence-electron chi connectivity index (χ2n) is 8.98. The van der Waals surface area contributed by atoms with E-state index in [9.17, 15) is 8.42 Å². The van der Waals surface area contributed by atoms with E-state index in [4.69, 9.17) is 4.43 Å². The van der Waals surface area contributed by atoms with Crippen molar-refractivity contribution in [1.29, 1.82) is 0 Å². The van der Waals surface area contributed by atoms with Crippen molar-refractivity contribution in [3.63, 3.8) is 0 Å². The molecule has 1 atom stereocenters. The van der Waals surface area contributed by atoms with E-state index in [-0.39, 0.29) is 22.6 Å². The first kappa shape index (κ1) is 24.3. The summed E-state index contributed by atoms with van der Waals surface area (Å²) in [5.41, 5.74) is 2.39. The first-order chi connectivity index (χ1) is 12.3. The molecule has 1 aromatic carbocycles. The van der Waals surface area contributed by atoms with Crippen LogP contribution in [0, 0.1) is 0 Å². The van der Waals surface area contributed by atoms with Crippen molar-refractivity contribution in [2.45, 2.75) is 78.9 Å². The summed E-state index contributed by atoms with van der Waals surface area (Å²) in [5.74, 6) is 0.424. The second-order valence-corrected chi connectivity index (χ2v) is 16.2. The lowest BCUT2D eigenvalue weighted by molar-refractivity contribution is 0.226. The number of sulfone groups is 1. The van der Waals surface area contributed by atoms with Gasteiger partial charge in [0, 0.05) is 18.3 Å². The van der Waals surface area contributed by atoms with Gasteiger partial charge in [0.2, 0.25) is 0 Å². The number of nitrogens with zero attached hydrogens (tertiary/aromatic N) is 1. The molecule has 0 aromatic heterocycles. The molecule has 0 spiro atoms. The maximum absolute atomic E-state index is 11.9. The number of hydrogen-bond acceptors (Lipinski definition) is 4. The Bertz CT molecular complexity index is 678. The second kappa shape index (κ2) is 9.68. The topological polar surface area (TPSA) is 46.6 Å². The first-order valence-corrected chi connectivity index (χ1v) is 14.7. The van der Waals surface area contributed by atoms with Crippen molar-refractivity contribution in [2.75, 3.05) is 18.1 Å². The third-order valence-electron chi connectivity index (χ3n) is 5.78. The van der Waals surface area contributed by atoms with Crippen molar-refractivity contribution in [3.05, 3.63) is 35.4 Å². The summed E-state index contributed by atoms with van der Waals surface area (Å²) in [6, 6.07) is 8.54. The van der Waals surface area contributed by atoms with Crippen LogP contribution in [-0.4, -0.2) is 45.7 Å². The molecule has 0 unspecified atom stereocenters. The van der Waals surface area contributed by atoms with Gasteiger partial charge >= 0.3 is 0 Å². The highest BCUT2D eigenvalue weighted by Crippen LogP contribution is 2.37. The summed E-state index contributed by atoms with van der Waals surface area (Å²) in [4.78, 5) is 2.22. The van der Waals surface area contributed by atoms with Crippen LogP contribution in [0.4, 0.5) is 0 Å². The maximum Gasteiger partial charge on any atom is 0.192 e. The van der Waals surface area contributed by atoms with Gasteiger partial charge < -0.3 is 4.43 Å². The maximum atomic E-state index is 11.9. The Hall–Kier alpha value is -0.693. The van der Waals surface area contributed by atoms with E-state index in [1.165, 1.54) is 11.1 Å². The van der Waals surface area contributed by atoms with Crippen LogP contribution in [0.3, 0.4) is 0 Å². The van der Waals surface area contributed by atoms with E-state index < -0.39 is 18.2 Å². The molecule has 0 saturated carbocycles. The standard InChI is InChI=1S/C21H39NO3SSi/c1-9-22(18(3)17-26(23,24)10-2)15-19-11-13-20(14-12-19)16-25-27(7,8)21(4,5)6/h11-14,18H,9-10,15-17H2,1-8H3/t18-/m1/s1. The molecule has 1 rings (SSSR count). The molecular formula is C21H39NO3SSi. The van der Waals surface area contributed by atoms with Gasteiger partial charge in [0.1, 0.15) is 0 Å². The lowest BCUT2D eigenvalue weighted by Gasteiger charge is -2.36. The summed E-state index contributed by atoms with van der Waals surface area (Å²) in [5, 5.41) is 0.212. The molecule has 0 aliphatic rings. The van der Waals surface area contributed by atoms with Gasteiger partial charge in [-0.15, -0.1) is 0 Å². The molecule has 27 heavy (non-hydrogen) atoms. The highest BCUT2D eigenvalue weighted by Gasteiger charge is 2.37. The van der Waals surface area contributed by atoms with Crippen LogP contribution in [0.5, 0.6) is 0 Å². The molecule has 6 heteroatoms. The zero-order valence-electron chi connectivity index (χ0n) is 18.5. The molecule has 0 aliphatic heterocycles. The van der Waals surface area contributed by atoms with Gasteiger partial charge in [0.25, 0.3) is 0 Å². The molecule has 0 bridgehead atoms. The SMILES string of the molecule is CCN(Cc1ccc(CO[Si](C)(C)C(C)(C)C)cc1)[C@H](C)CS(=O)(=O)CC. The van der Waals surface area contributed by atoms with Crippen LogP contribution < -0.4 is 0 Å². The van der Waals surface area contributed by atoms with E-state index in [1.807, 2.05) is 6.92 Å². The van der Waals surface area contributed by atoms with E-state index in [0.717, 1.165) is 13.1 Å². The average molecular weight is 414 g/mol. The Balaban J connectivity index is 2.70. The Morgan fingerprint density at radius 1 is 1.07 bits per heavy atom. The molecule has 0 heterocycles. The average Bonchev–Trinajstić information content (AvgIpc) is 2.57. The largest absolute Gasteiger partial charge is 0.413 e. The highest BCUT2D eigenvalue weighted by molar-refractivity contribution is 7.91. The molecule has 1 aromatic rings. The van der Waals surface area contributed by atoms with Gasteiger partial charge in [-0.2, -0.15) is 0 Å². The van der Waals surface area contributed by atoms with Crippen molar-refractivity contribution in [2.24, 2.45) is 0 Å². The van der Waals surface area contributed by atoms with Crippen molar-refractivity contribution in [1.82, 2.24) is 4.90 Å². The van der Waals surface area contributed by atoms with E-state index in [2.05, 4.69) is 70.0 Å². The van der Waals surface area contributed by atoms with Crippen molar-refractivity contribution >= 4 is 18.2 Å². The van der Waals surface area contributed by atoms with Crippen LogP contribution in [-0.2, 0) is 27.4 Å². The Morgan fingerprint density at radius 2 is 1.59 bits per heavy atom. The smallest absolute Gasteiger partial charge is 0.192 e. The fourth-order valence-electron chi connectivity index (χ4n) is 2.63. The van der Waals surface area contributed by atoms with E-state index in [0.29, 0.717) is 6.61 Å². The minimum absolute atomic E-state index is 0.0153. The summed E-state index contributed by atoms with van der Waals surface area (Å²) < 4.78 is 30.1. The minimum atomic E-state index is -2.96. The molecule has 0 fully saturated rings. The van der Waals surface area contributed by atoms with Crippen molar-refractivity contribution < 1.29 is 12.8 Å². The Morgan fingerprint density at radius 3 is 2.04 bits per heavy atom. The molecular weight excluding hydrogens is 374 g/mol. The molecule has 0 radical (unpaired) electrons. The predicted molar refractivity (Wildman–Crippen MR) is 118 cm³/mol. The third kappa shape index (κ3) is 7.68. The predicted octanol–water partition coefficient (Wildman–Crippen LogP) is 4.85. The first-order valence-electron chi connectivity index (χ1n) is 9.97. The Labute approximate surface area is 168 Å². The van der Waals surface area contributed by atoms with Crippen LogP contribution in [0.1, 0.15) is 52.7 Å². The summed E-state index contributed by atoms with van der Waals surface area (Å²) in [6.07, 6.45) is 0. The molecule has 0 saturated heterocycles. The van der Waals surface area contributed by atoms with Gasteiger partial charge in [-0.05, 0) is 42.7 Å². The Kier molecular flexibility index (Phi) is 8.73. The monoisotopic (exact) mass is 413 g/mol. The van der Waals surface area contributed by atoms with Gasteiger partial charge in [-0.25, -0.2) is 8.42 Å². The lowest BCUT2D eigenvalue weighted by atomic mass is 10.1. The van der Waals surface area contributed by atoms with Gasteiger partial charge in [0.05, 0.1) is 12.4 Å². The third-order valence-corrected chi connectivity index (χ3v) is 12.1. The fraction of sp³-hybridized carbons (Fsp3) is 0.714. The van der Waals surface area contributed by atoms with Gasteiger partial charge in [-0.1, -0.05) is 58.9 Å². The molecule has 4 nitrogen and oxygen atoms in total. The number of benzene rings is 1. The molecule has 156 valence electrons. The van der Waals surface area contributed by atoms with Gasteiger partial charge in [-0.3, -0.25) is 4.90 Å². The van der Waals surface area contributed by atoms with Crippen LogP contribution in [0.15, 0.2) is 24.3 Å². The van der Waals surface area contributed by atoms with Crippen molar-refractivity contribution in [3.8, 4) is 0 Å². The summed E-state index contributed by atoms with van der Waals surface area (Å²) in [6.45, 7) is 19.3.